The van der Waals surface area contributed by atoms with Crippen LogP contribution < -0.4 is 4.72 Å². The van der Waals surface area contributed by atoms with E-state index < -0.39 is 10.0 Å². The zero-order valence-electron chi connectivity index (χ0n) is 14.3. The summed E-state index contributed by atoms with van der Waals surface area (Å²) >= 11 is 0. The van der Waals surface area contributed by atoms with E-state index in [4.69, 9.17) is 0 Å². The van der Waals surface area contributed by atoms with E-state index in [1.165, 1.54) is 0 Å². The Hall–Kier alpha value is -2.60. The van der Waals surface area contributed by atoms with Gasteiger partial charge in [0.2, 0.25) is 10.0 Å². The van der Waals surface area contributed by atoms with Gasteiger partial charge >= 0.3 is 0 Å². The molecular formula is C19H21N3O2S. The van der Waals surface area contributed by atoms with Gasteiger partial charge in [-0.15, -0.1) is 0 Å². The van der Waals surface area contributed by atoms with Crippen LogP contribution in [-0.2, 0) is 22.3 Å². The van der Waals surface area contributed by atoms with Gasteiger partial charge in [0.1, 0.15) is 0 Å². The lowest BCUT2D eigenvalue weighted by atomic mass is 10.2. The van der Waals surface area contributed by atoms with Gasteiger partial charge in [-0.25, -0.2) is 8.42 Å². The minimum Gasteiger partial charge on any atom is -0.283 e. The highest BCUT2D eigenvalue weighted by atomic mass is 32.2. The Morgan fingerprint density at radius 3 is 2.24 bits per heavy atom. The van der Waals surface area contributed by atoms with E-state index in [0.717, 1.165) is 22.5 Å². The van der Waals surface area contributed by atoms with Gasteiger partial charge < -0.3 is 0 Å². The molecule has 0 aliphatic rings. The van der Waals surface area contributed by atoms with E-state index in [9.17, 15) is 8.42 Å². The van der Waals surface area contributed by atoms with Crippen molar-refractivity contribution in [3.63, 3.8) is 0 Å². The molecular weight excluding hydrogens is 334 g/mol. The quantitative estimate of drug-likeness (QED) is 0.736. The molecule has 0 unspecified atom stereocenters. The highest BCUT2D eigenvalue weighted by Gasteiger charge is 2.11. The van der Waals surface area contributed by atoms with Gasteiger partial charge in [-0.1, -0.05) is 42.5 Å². The van der Waals surface area contributed by atoms with Gasteiger partial charge in [-0.05, 0) is 43.2 Å². The van der Waals surface area contributed by atoms with Crippen molar-refractivity contribution >= 4 is 15.7 Å². The minimum absolute atomic E-state index is 0.0403. The SMILES string of the molecule is Cc1cc(C)n(Cc2ccc(NS(=O)(=O)Cc3ccccc3)cc2)n1. The molecule has 1 heterocycles. The molecule has 3 aromatic rings. The monoisotopic (exact) mass is 355 g/mol. The van der Waals surface area contributed by atoms with E-state index in [-0.39, 0.29) is 5.75 Å². The molecule has 1 aromatic heterocycles. The Morgan fingerprint density at radius 1 is 0.960 bits per heavy atom. The first-order valence-corrected chi connectivity index (χ1v) is 9.71. The van der Waals surface area contributed by atoms with E-state index >= 15 is 0 Å². The molecule has 130 valence electrons. The smallest absolute Gasteiger partial charge is 0.236 e. The van der Waals surface area contributed by atoms with Crippen LogP contribution >= 0.6 is 0 Å². The predicted molar refractivity (Wildman–Crippen MR) is 99.9 cm³/mol. The summed E-state index contributed by atoms with van der Waals surface area (Å²) in [6.07, 6.45) is 0. The van der Waals surface area contributed by atoms with Crippen molar-refractivity contribution in [1.82, 2.24) is 9.78 Å². The highest BCUT2D eigenvalue weighted by Crippen LogP contribution is 2.15. The Balaban J connectivity index is 1.67. The van der Waals surface area contributed by atoms with Crippen molar-refractivity contribution in [1.29, 1.82) is 0 Å². The number of sulfonamides is 1. The van der Waals surface area contributed by atoms with E-state index in [1.54, 1.807) is 24.3 Å². The van der Waals surface area contributed by atoms with Crippen LogP contribution in [0.15, 0.2) is 60.7 Å². The molecule has 0 fully saturated rings. The van der Waals surface area contributed by atoms with Gasteiger partial charge in [0.25, 0.3) is 0 Å². The van der Waals surface area contributed by atoms with Crippen LogP contribution in [0.2, 0.25) is 0 Å². The molecule has 0 atom stereocenters. The zero-order valence-corrected chi connectivity index (χ0v) is 15.1. The molecule has 1 N–H and O–H groups in total. The molecule has 0 saturated carbocycles. The molecule has 0 spiro atoms. The second kappa shape index (κ2) is 7.11. The van der Waals surface area contributed by atoms with Crippen LogP contribution in [0, 0.1) is 13.8 Å². The Morgan fingerprint density at radius 2 is 1.64 bits per heavy atom. The lowest BCUT2D eigenvalue weighted by Crippen LogP contribution is -2.15. The first-order chi connectivity index (χ1) is 11.9. The maximum absolute atomic E-state index is 12.3. The van der Waals surface area contributed by atoms with Crippen LogP contribution in [0.4, 0.5) is 5.69 Å². The molecule has 0 aliphatic heterocycles. The molecule has 2 aromatic carbocycles. The number of rotatable bonds is 6. The van der Waals surface area contributed by atoms with Crippen molar-refractivity contribution in [3.05, 3.63) is 83.2 Å². The fourth-order valence-electron chi connectivity index (χ4n) is 2.70. The molecule has 0 bridgehead atoms. The van der Waals surface area contributed by atoms with Gasteiger partial charge in [0.05, 0.1) is 18.0 Å². The van der Waals surface area contributed by atoms with Crippen LogP contribution in [0.25, 0.3) is 0 Å². The van der Waals surface area contributed by atoms with Crippen molar-refractivity contribution in [2.24, 2.45) is 0 Å². The van der Waals surface area contributed by atoms with Gasteiger partial charge in [0, 0.05) is 11.4 Å². The zero-order chi connectivity index (χ0) is 17.9. The van der Waals surface area contributed by atoms with Gasteiger partial charge in [-0.2, -0.15) is 5.10 Å². The third-order valence-corrected chi connectivity index (χ3v) is 5.12. The number of hydrogen-bond acceptors (Lipinski definition) is 3. The Kier molecular flexibility index (Phi) is 4.90. The fraction of sp³-hybridized carbons (Fsp3) is 0.211. The Labute approximate surface area is 148 Å². The average Bonchev–Trinajstić information content (AvgIpc) is 2.87. The average molecular weight is 355 g/mol. The molecule has 0 radical (unpaired) electrons. The predicted octanol–water partition coefficient (Wildman–Crippen LogP) is 3.49. The summed E-state index contributed by atoms with van der Waals surface area (Å²) in [5.74, 6) is -0.0403. The number of benzene rings is 2. The largest absolute Gasteiger partial charge is 0.283 e. The summed E-state index contributed by atoms with van der Waals surface area (Å²) in [7, 11) is -3.43. The normalized spacial score (nSPS) is 11.4. The summed E-state index contributed by atoms with van der Waals surface area (Å²) in [6.45, 7) is 4.65. The molecule has 0 amide bonds. The summed E-state index contributed by atoms with van der Waals surface area (Å²) < 4.78 is 29.1. The summed E-state index contributed by atoms with van der Waals surface area (Å²) in [5, 5.41) is 4.44. The topological polar surface area (TPSA) is 64.0 Å². The summed E-state index contributed by atoms with van der Waals surface area (Å²) in [6, 6.07) is 18.6. The maximum Gasteiger partial charge on any atom is 0.236 e. The lowest BCUT2D eigenvalue weighted by Gasteiger charge is -2.10. The number of aromatic nitrogens is 2. The van der Waals surface area contributed by atoms with E-state index in [0.29, 0.717) is 12.2 Å². The summed E-state index contributed by atoms with van der Waals surface area (Å²) in [5.41, 5.74) is 4.48. The second-order valence-electron chi connectivity index (χ2n) is 6.13. The minimum atomic E-state index is -3.43. The second-order valence-corrected chi connectivity index (χ2v) is 7.85. The maximum atomic E-state index is 12.3. The highest BCUT2D eigenvalue weighted by molar-refractivity contribution is 7.91. The molecule has 0 saturated heterocycles. The summed E-state index contributed by atoms with van der Waals surface area (Å²) in [4.78, 5) is 0. The third-order valence-electron chi connectivity index (χ3n) is 3.86. The van der Waals surface area contributed by atoms with Crippen LogP contribution in [0.3, 0.4) is 0 Å². The molecule has 5 nitrogen and oxygen atoms in total. The number of nitrogens with one attached hydrogen (secondary N) is 1. The van der Waals surface area contributed by atoms with Crippen LogP contribution in [0.5, 0.6) is 0 Å². The van der Waals surface area contributed by atoms with Gasteiger partial charge in [0.15, 0.2) is 0 Å². The Bertz CT molecular complexity index is 946. The number of aryl methyl sites for hydroxylation is 2. The van der Waals surface area contributed by atoms with Crippen LogP contribution in [0.1, 0.15) is 22.5 Å². The first-order valence-electron chi connectivity index (χ1n) is 8.06. The fourth-order valence-corrected chi connectivity index (χ4v) is 3.89. The lowest BCUT2D eigenvalue weighted by molar-refractivity contribution is 0.600. The third kappa shape index (κ3) is 4.70. The molecule has 3 rings (SSSR count). The number of hydrogen-bond donors (Lipinski definition) is 1. The molecule has 0 aliphatic carbocycles. The molecule has 25 heavy (non-hydrogen) atoms. The van der Waals surface area contributed by atoms with Gasteiger partial charge in [-0.3, -0.25) is 9.40 Å². The van der Waals surface area contributed by atoms with E-state index in [2.05, 4.69) is 9.82 Å². The molecule has 6 heteroatoms. The first kappa shape index (κ1) is 17.2. The van der Waals surface area contributed by atoms with Crippen molar-refractivity contribution < 1.29 is 8.42 Å². The van der Waals surface area contributed by atoms with Crippen molar-refractivity contribution in [3.8, 4) is 0 Å². The van der Waals surface area contributed by atoms with Crippen molar-refractivity contribution in [2.75, 3.05) is 4.72 Å². The number of nitrogens with zero attached hydrogens (tertiary/aromatic N) is 2. The standard InChI is InChI=1S/C19H21N3O2S/c1-15-12-16(2)22(20-15)13-17-8-10-19(11-9-17)21-25(23,24)14-18-6-4-3-5-7-18/h3-12,21H,13-14H2,1-2H3. The number of anilines is 1. The van der Waals surface area contributed by atoms with E-state index in [1.807, 2.05) is 54.9 Å². The van der Waals surface area contributed by atoms with Crippen molar-refractivity contribution in [2.45, 2.75) is 26.1 Å². The van der Waals surface area contributed by atoms with Crippen LogP contribution in [-0.4, -0.2) is 18.2 Å².